The third-order valence-electron chi connectivity index (χ3n) is 6.63. The summed E-state index contributed by atoms with van der Waals surface area (Å²) in [6.45, 7) is 0.663. The molecule has 2 aliphatic heterocycles. The molecule has 176 valence electrons. The van der Waals surface area contributed by atoms with Crippen molar-refractivity contribution in [2.45, 2.75) is 62.6 Å². The van der Waals surface area contributed by atoms with Gasteiger partial charge in [0.25, 0.3) is 5.91 Å². The number of halogens is 3. The maximum absolute atomic E-state index is 13.0. The molecular weight excluding hydrogens is 437 g/mol. The standard InChI is InChI=1S/C23H25F3N4O3/c24-23(25,26)16-3-1-2-15(10-16)21(31)22(32)29-9-8-17-6-7-20(30(17)13-29)33-19-12-27-18(11-28-19)14-4-5-14/h1-3,10-12,14,17,20-21,31H,4-9,13H2/t17-,20-,21?/m0/s1. The van der Waals surface area contributed by atoms with Crippen molar-refractivity contribution in [2.24, 2.45) is 0 Å². The number of rotatable bonds is 5. The van der Waals surface area contributed by atoms with Crippen LogP contribution >= 0.6 is 0 Å². The summed E-state index contributed by atoms with van der Waals surface area (Å²) in [5, 5.41) is 10.5. The van der Waals surface area contributed by atoms with Crippen LogP contribution in [0.15, 0.2) is 36.7 Å². The quantitative estimate of drug-likeness (QED) is 0.733. The van der Waals surface area contributed by atoms with Gasteiger partial charge >= 0.3 is 6.18 Å². The Labute approximate surface area is 189 Å². The fourth-order valence-corrected chi connectivity index (χ4v) is 4.61. The highest BCUT2D eigenvalue weighted by Crippen LogP contribution is 2.39. The molecule has 3 atom stereocenters. The van der Waals surface area contributed by atoms with Crippen LogP contribution in [0.5, 0.6) is 5.88 Å². The average Bonchev–Trinajstić information content (AvgIpc) is 3.59. The summed E-state index contributed by atoms with van der Waals surface area (Å²) in [6.07, 6.45) is 1.56. The highest BCUT2D eigenvalue weighted by Gasteiger charge is 2.41. The number of amides is 1. The predicted octanol–water partition coefficient (Wildman–Crippen LogP) is 3.47. The van der Waals surface area contributed by atoms with Gasteiger partial charge in [0.1, 0.15) is 0 Å². The first-order valence-corrected chi connectivity index (χ1v) is 11.2. The Hall–Kier alpha value is -2.72. The summed E-state index contributed by atoms with van der Waals surface area (Å²) in [5.74, 6) is 0.317. The van der Waals surface area contributed by atoms with Gasteiger partial charge in [-0.3, -0.25) is 9.78 Å². The molecule has 1 aromatic heterocycles. The van der Waals surface area contributed by atoms with Crippen molar-refractivity contribution >= 4 is 5.91 Å². The van der Waals surface area contributed by atoms with Crippen LogP contribution in [0.2, 0.25) is 0 Å². The van der Waals surface area contributed by atoms with E-state index in [2.05, 4.69) is 14.9 Å². The van der Waals surface area contributed by atoms with Crippen LogP contribution in [0.3, 0.4) is 0 Å². The summed E-state index contributed by atoms with van der Waals surface area (Å²) in [4.78, 5) is 25.2. The molecule has 7 nitrogen and oxygen atoms in total. The van der Waals surface area contributed by atoms with Gasteiger partial charge in [-0.25, -0.2) is 9.88 Å². The van der Waals surface area contributed by atoms with Crippen LogP contribution in [0.25, 0.3) is 0 Å². The van der Waals surface area contributed by atoms with Crippen LogP contribution in [0.4, 0.5) is 13.2 Å². The molecule has 0 radical (unpaired) electrons. The fourth-order valence-electron chi connectivity index (χ4n) is 4.61. The Bertz CT molecular complexity index is 1010. The van der Waals surface area contributed by atoms with Gasteiger partial charge in [0.05, 0.1) is 30.3 Å². The molecule has 5 rings (SSSR count). The van der Waals surface area contributed by atoms with E-state index in [4.69, 9.17) is 4.74 Å². The second kappa shape index (κ2) is 8.57. The van der Waals surface area contributed by atoms with E-state index in [9.17, 15) is 23.1 Å². The Kier molecular flexibility index (Phi) is 5.74. The Morgan fingerprint density at radius 1 is 1.12 bits per heavy atom. The van der Waals surface area contributed by atoms with Gasteiger partial charge in [0.15, 0.2) is 12.3 Å². The minimum atomic E-state index is -4.54. The number of aliphatic hydroxyl groups excluding tert-OH is 1. The van der Waals surface area contributed by atoms with Crippen molar-refractivity contribution in [3.63, 3.8) is 0 Å². The van der Waals surface area contributed by atoms with E-state index >= 15 is 0 Å². The first-order valence-electron chi connectivity index (χ1n) is 11.2. The molecule has 2 aromatic rings. The lowest BCUT2D eigenvalue weighted by Gasteiger charge is -2.40. The zero-order chi connectivity index (χ0) is 23.2. The van der Waals surface area contributed by atoms with Crippen LogP contribution in [0, 0.1) is 0 Å². The molecule has 2 saturated heterocycles. The molecule has 0 bridgehead atoms. The SMILES string of the molecule is O=C(C(O)c1cccc(C(F)(F)F)c1)N1CC[C@@H]2CC[C@H](Oc3cnc(C4CC4)cn3)N2C1. The second-order valence-corrected chi connectivity index (χ2v) is 8.93. The third kappa shape index (κ3) is 4.67. The molecule has 1 N–H and O–H groups in total. The number of fused-ring (bicyclic) bond motifs is 1. The number of hydrogen-bond donors (Lipinski definition) is 1. The van der Waals surface area contributed by atoms with Gasteiger partial charge in [-0.15, -0.1) is 0 Å². The zero-order valence-corrected chi connectivity index (χ0v) is 17.9. The molecule has 3 aliphatic rings. The van der Waals surface area contributed by atoms with Crippen molar-refractivity contribution in [1.82, 2.24) is 19.8 Å². The van der Waals surface area contributed by atoms with E-state index in [1.807, 2.05) is 0 Å². The molecule has 1 aliphatic carbocycles. The van der Waals surface area contributed by atoms with E-state index in [0.29, 0.717) is 24.8 Å². The van der Waals surface area contributed by atoms with E-state index < -0.39 is 23.8 Å². The molecule has 3 heterocycles. The Morgan fingerprint density at radius 2 is 1.94 bits per heavy atom. The smallest absolute Gasteiger partial charge is 0.416 e. The summed E-state index contributed by atoms with van der Waals surface area (Å²) >= 11 is 0. The summed E-state index contributed by atoms with van der Waals surface area (Å²) in [6, 6.07) is 4.50. The van der Waals surface area contributed by atoms with E-state index in [1.54, 1.807) is 12.4 Å². The Balaban J connectivity index is 1.24. The first-order chi connectivity index (χ1) is 15.8. The molecule has 3 fully saturated rings. The van der Waals surface area contributed by atoms with Crippen molar-refractivity contribution in [3.8, 4) is 5.88 Å². The second-order valence-electron chi connectivity index (χ2n) is 8.93. The number of aliphatic hydroxyl groups is 1. The number of hydrogen-bond acceptors (Lipinski definition) is 6. The van der Waals surface area contributed by atoms with E-state index in [1.165, 1.54) is 17.0 Å². The maximum Gasteiger partial charge on any atom is 0.416 e. The van der Waals surface area contributed by atoms with Gasteiger partial charge in [-0.05, 0) is 49.8 Å². The molecule has 1 amide bonds. The maximum atomic E-state index is 13.0. The minimum Gasteiger partial charge on any atom is -0.457 e. The Morgan fingerprint density at radius 3 is 2.64 bits per heavy atom. The highest BCUT2D eigenvalue weighted by atomic mass is 19.4. The zero-order valence-electron chi connectivity index (χ0n) is 17.9. The molecule has 1 saturated carbocycles. The molecule has 0 spiro atoms. The van der Waals surface area contributed by atoms with Gasteiger partial charge in [-0.2, -0.15) is 13.2 Å². The van der Waals surface area contributed by atoms with Crippen molar-refractivity contribution in [1.29, 1.82) is 0 Å². The summed E-state index contributed by atoms with van der Waals surface area (Å²) in [7, 11) is 0. The summed E-state index contributed by atoms with van der Waals surface area (Å²) < 4.78 is 45.1. The number of nitrogens with zero attached hydrogens (tertiary/aromatic N) is 4. The number of ether oxygens (including phenoxy) is 1. The average molecular weight is 462 g/mol. The van der Waals surface area contributed by atoms with Crippen LogP contribution < -0.4 is 4.74 Å². The molecule has 1 aromatic carbocycles. The van der Waals surface area contributed by atoms with Crippen molar-refractivity contribution < 1.29 is 27.8 Å². The summed E-state index contributed by atoms with van der Waals surface area (Å²) in [5.41, 5.74) is 0.00884. The largest absolute Gasteiger partial charge is 0.457 e. The fraction of sp³-hybridized carbons (Fsp3) is 0.522. The number of carbonyl (C=O) groups excluding carboxylic acids is 1. The molecule has 1 unspecified atom stereocenters. The molecule has 10 heteroatoms. The van der Waals surface area contributed by atoms with Crippen molar-refractivity contribution in [2.75, 3.05) is 13.2 Å². The monoisotopic (exact) mass is 462 g/mol. The first kappa shape index (κ1) is 22.1. The van der Waals surface area contributed by atoms with Crippen LogP contribution in [-0.2, 0) is 11.0 Å². The van der Waals surface area contributed by atoms with Crippen LogP contribution in [0.1, 0.15) is 60.9 Å². The van der Waals surface area contributed by atoms with Gasteiger partial charge in [0.2, 0.25) is 5.88 Å². The lowest BCUT2D eigenvalue weighted by Crippen LogP contribution is -2.54. The number of carbonyl (C=O) groups is 1. The molecule has 33 heavy (non-hydrogen) atoms. The molecular formula is C23H25F3N4O3. The van der Waals surface area contributed by atoms with Gasteiger partial charge in [-0.1, -0.05) is 12.1 Å². The van der Waals surface area contributed by atoms with E-state index in [-0.39, 0.29) is 24.5 Å². The lowest BCUT2D eigenvalue weighted by molar-refractivity contribution is -0.148. The minimum absolute atomic E-state index is 0.0720. The van der Waals surface area contributed by atoms with Crippen molar-refractivity contribution in [3.05, 3.63) is 53.5 Å². The highest BCUT2D eigenvalue weighted by molar-refractivity contribution is 5.82. The predicted molar refractivity (Wildman–Crippen MR) is 111 cm³/mol. The van der Waals surface area contributed by atoms with Gasteiger partial charge < -0.3 is 14.7 Å². The lowest BCUT2D eigenvalue weighted by atomic mass is 10.0. The normalized spacial score (nSPS) is 24.4. The number of benzene rings is 1. The van der Waals surface area contributed by atoms with E-state index in [0.717, 1.165) is 43.5 Å². The third-order valence-corrected chi connectivity index (χ3v) is 6.63. The number of alkyl halides is 3. The van der Waals surface area contributed by atoms with Crippen LogP contribution in [-0.4, -0.2) is 56.3 Å². The number of aromatic nitrogens is 2. The van der Waals surface area contributed by atoms with Gasteiger partial charge in [0, 0.05) is 18.5 Å². The topological polar surface area (TPSA) is 78.8 Å².